The molecule has 0 atom stereocenters. The zero-order valence-corrected chi connectivity index (χ0v) is 17.5. The summed E-state index contributed by atoms with van der Waals surface area (Å²) in [6.45, 7) is 0.537. The Morgan fingerprint density at radius 2 is 1.70 bits per heavy atom. The highest BCUT2D eigenvalue weighted by molar-refractivity contribution is 5.67. The van der Waals surface area contributed by atoms with Crippen LogP contribution >= 0.6 is 0 Å². The van der Waals surface area contributed by atoms with Gasteiger partial charge in [0.05, 0.1) is 0 Å². The van der Waals surface area contributed by atoms with Gasteiger partial charge in [0.1, 0.15) is 23.4 Å². The molecule has 1 N–H and O–H groups in total. The van der Waals surface area contributed by atoms with Crippen LogP contribution in [0.3, 0.4) is 0 Å². The minimum atomic E-state index is -4.78. The number of alkyl halides is 3. The Hall–Kier alpha value is -2.98. The van der Waals surface area contributed by atoms with Crippen LogP contribution in [0.25, 0.3) is 11.4 Å². The van der Waals surface area contributed by atoms with E-state index in [2.05, 4.69) is 9.97 Å². The highest BCUT2D eigenvalue weighted by atomic mass is 19.4. The van der Waals surface area contributed by atoms with Crippen molar-refractivity contribution < 1.29 is 36.6 Å². The summed E-state index contributed by atoms with van der Waals surface area (Å²) < 4.78 is 75.3. The molecular weight excluding hydrogens is 449 g/mol. The second-order valence-corrected chi connectivity index (χ2v) is 8.40. The first-order valence-electron chi connectivity index (χ1n) is 10.7. The molecule has 1 aliphatic heterocycles. The van der Waals surface area contributed by atoms with Gasteiger partial charge in [-0.15, -0.1) is 0 Å². The predicted molar refractivity (Wildman–Crippen MR) is 108 cm³/mol. The van der Waals surface area contributed by atoms with Gasteiger partial charge in [0.25, 0.3) is 0 Å². The van der Waals surface area contributed by atoms with E-state index in [4.69, 9.17) is 9.84 Å². The van der Waals surface area contributed by atoms with Gasteiger partial charge in [-0.2, -0.15) is 18.2 Å². The third kappa shape index (κ3) is 5.33. The second kappa shape index (κ2) is 9.11. The first-order chi connectivity index (χ1) is 15.6. The molecule has 2 fully saturated rings. The molecule has 2 aromatic rings. The van der Waals surface area contributed by atoms with Crippen LogP contribution in [0.2, 0.25) is 0 Å². The largest absolute Gasteiger partial charge is 0.481 e. The number of halogens is 5. The number of ether oxygens (including phenoxy) is 1. The van der Waals surface area contributed by atoms with Gasteiger partial charge in [0, 0.05) is 31.1 Å². The molecule has 1 aromatic heterocycles. The predicted octanol–water partition coefficient (Wildman–Crippen LogP) is 5.06. The van der Waals surface area contributed by atoms with Gasteiger partial charge in [-0.05, 0) is 50.2 Å². The summed E-state index contributed by atoms with van der Waals surface area (Å²) in [5.74, 6) is -3.67. The number of rotatable bonds is 6. The van der Waals surface area contributed by atoms with Crippen LogP contribution in [-0.2, 0) is 11.0 Å². The zero-order valence-electron chi connectivity index (χ0n) is 17.5. The van der Waals surface area contributed by atoms with Gasteiger partial charge in [0.15, 0.2) is 11.5 Å². The monoisotopic (exact) mass is 471 g/mol. The minimum Gasteiger partial charge on any atom is -0.481 e. The molecule has 33 heavy (non-hydrogen) atoms. The van der Waals surface area contributed by atoms with E-state index in [1.54, 1.807) is 0 Å². The van der Waals surface area contributed by atoms with E-state index < -0.39 is 35.3 Å². The smallest absolute Gasteiger partial charge is 0.433 e. The van der Waals surface area contributed by atoms with Gasteiger partial charge >= 0.3 is 12.1 Å². The van der Waals surface area contributed by atoms with Crippen molar-refractivity contribution in [3.63, 3.8) is 0 Å². The van der Waals surface area contributed by atoms with Gasteiger partial charge in [-0.3, -0.25) is 4.79 Å². The molecule has 1 aromatic carbocycles. The first-order valence-corrected chi connectivity index (χ1v) is 10.7. The van der Waals surface area contributed by atoms with Crippen molar-refractivity contribution in [1.82, 2.24) is 9.97 Å². The number of carboxylic acids is 1. The van der Waals surface area contributed by atoms with E-state index >= 15 is 0 Å². The van der Waals surface area contributed by atoms with E-state index in [1.165, 1.54) is 4.90 Å². The molecule has 4 rings (SSSR count). The molecule has 2 aliphatic rings. The molecule has 0 unspecified atom stereocenters. The maximum Gasteiger partial charge on any atom is 0.433 e. The third-order valence-corrected chi connectivity index (χ3v) is 6.00. The molecule has 0 bridgehead atoms. The van der Waals surface area contributed by atoms with Crippen molar-refractivity contribution >= 4 is 11.7 Å². The van der Waals surface area contributed by atoms with Gasteiger partial charge in [-0.25, -0.2) is 13.8 Å². The maximum absolute atomic E-state index is 14.9. The molecule has 0 amide bonds. The van der Waals surface area contributed by atoms with Crippen molar-refractivity contribution in [1.29, 1.82) is 0 Å². The zero-order chi connectivity index (χ0) is 23.8. The lowest BCUT2D eigenvalue weighted by Gasteiger charge is -2.33. The number of aliphatic carboxylic acids is 1. The number of benzene rings is 1. The Balaban J connectivity index is 1.61. The Morgan fingerprint density at radius 3 is 2.21 bits per heavy atom. The summed E-state index contributed by atoms with van der Waals surface area (Å²) in [4.78, 5) is 19.8. The van der Waals surface area contributed by atoms with E-state index in [1.807, 2.05) is 0 Å². The lowest BCUT2D eigenvalue weighted by molar-refractivity contribution is -0.141. The molecule has 2 heterocycles. The number of piperidine rings is 1. The van der Waals surface area contributed by atoms with Gasteiger partial charge in [-0.1, -0.05) is 0 Å². The molecule has 0 spiro atoms. The molecule has 6 nitrogen and oxygen atoms in total. The Bertz CT molecular complexity index is 1010. The van der Waals surface area contributed by atoms with Crippen molar-refractivity contribution in [3.05, 3.63) is 35.5 Å². The molecular formula is C22H22F5N3O3. The van der Waals surface area contributed by atoms with Crippen LogP contribution in [0.4, 0.5) is 27.6 Å². The molecule has 178 valence electrons. The average molecular weight is 471 g/mol. The summed E-state index contributed by atoms with van der Waals surface area (Å²) in [7, 11) is 0. The summed E-state index contributed by atoms with van der Waals surface area (Å²) in [5.41, 5.74) is -1.79. The van der Waals surface area contributed by atoms with E-state index in [0.717, 1.165) is 18.6 Å². The van der Waals surface area contributed by atoms with Gasteiger partial charge < -0.3 is 14.7 Å². The Kier molecular flexibility index (Phi) is 6.40. The third-order valence-electron chi connectivity index (χ3n) is 6.00. The van der Waals surface area contributed by atoms with E-state index in [0.29, 0.717) is 31.7 Å². The standard InChI is InChI=1S/C22H22F5N3O3/c23-15-9-13(10-16(24)20(15)30-6-4-12(5-7-30)8-19(31)32)21-28-17(22(25,26)27)11-18(29-21)33-14-2-1-3-14/h9-12,14H,1-8H2,(H,31,32). The maximum atomic E-state index is 14.9. The molecule has 1 saturated heterocycles. The lowest BCUT2D eigenvalue weighted by Crippen LogP contribution is -2.35. The van der Waals surface area contributed by atoms with Crippen LogP contribution in [0.1, 0.15) is 44.2 Å². The summed E-state index contributed by atoms with van der Waals surface area (Å²) in [6, 6.07) is 2.50. The average Bonchev–Trinajstić information content (AvgIpc) is 2.70. The fourth-order valence-electron chi connectivity index (χ4n) is 4.02. The highest BCUT2D eigenvalue weighted by Gasteiger charge is 2.35. The van der Waals surface area contributed by atoms with Crippen LogP contribution in [0.15, 0.2) is 18.2 Å². The SMILES string of the molecule is O=C(O)CC1CCN(c2c(F)cc(-c3nc(OC4CCC4)cc(C(F)(F)F)n3)cc2F)CC1. The lowest BCUT2D eigenvalue weighted by atomic mass is 9.93. The molecule has 1 saturated carbocycles. The number of aromatic nitrogens is 2. The second-order valence-electron chi connectivity index (χ2n) is 8.40. The topological polar surface area (TPSA) is 75.5 Å². The molecule has 1 aliphatic carbocycles. The fourth-order valence-corrected chi connectivity index (χ4v) is 4.02. The number of hydrogen-bond acceptors (Lipinski definition) is 5. The molecule has 0 radical (unpaired) electrons. The van der Waals surface area contributed by atoms with Crippen LogP contribution < -0.4 is 9.64 Å². The summed E-state index contributed by atoms with van der Waals surface area (Å²) >= 11 is 0. The van der Waals surface area contributed by atoms with Crippen molar-refractivity contribution in [2.24, 2.45) is 5.92 Å². The van der Waals surface area contributed by atoms with Crippen molar-refractivity contribution in [2.75, 3.05) is 18.0 Å². The number of carboxylic acid groups (broad SMARTS) is 1. The van der Waals surface area contributed by atoms with E-state index in [9.17, 15) is 26.7 Å². The van der Waals surface area contributed by atoms with Crippen molar-refractivity contribution in [3.8, 4) is 17.3 Å². The number of anilines is 1. The molecule has 11 heteroatoms. The first kappa shape index (κ1) is 23.2. The summed E-state index contributed by atoms with van der Waals surface area (Å²) in [6.07, 6.45) is -1.81. The van der Waals surface area contributed by atoms with Crippen LogP contribution in [0, 0.1) is 17.6 Å². The fraction of sp³-hybridized carbons (Fsp3) is 0.500. The highest BCUT2D eigenvalue weighted by Crippen LogP contribution is 2.35. The minimum absolute atomic E-state index is 0.00408. The number of hydrogen-bond donors (Lipinski definition) is 1. The van der Waals surface area contributed by atoms with Gasteiger partial charge in [0.2, 0.25) is 5.88 Å². The van der Waals surface area contributed by atoms with Crippen LogP contribution in [-0.4, -0.2) is 40.2 Å². The normalized spacial score (nSPS) is 17.7. The van der Waals surface area contributed by atoms with E-state index in [-0.39, 0.29) is 48.7 Å². The van der Waals surface area contributed by atoms with Crippen molar-refractivity contribution in [2.45, 2.75) is 50.8 Å². The number of nitrogens with zero attached hydrogens (tertiary/aromatic N) is 3. The van der Waals surface area contributed by atoms with Crippen LogP contribution in [0.5, 0.6) is 5.88 Å². The Labute approximate surface area is 186 Å². The number of carbonyl (C=O) groups is 1. The summed E-state index contributed by atoms with van der Waals surface area (Å²) in [5, 5.41) is 8.91. The quantitative estimate of drug-likeness (QED) is 0.594. The Morgan fingerprint density at radius 1 is 1.06 bits per heavy atom.